The van der Waals surface area contributed by atoms with Gasteiger partial charge in [0.2, 0.25) is 0 Å². The van der Waals surface area contributed by atoms with Gasteiger partial charge < -0.3 is 0 Å². The fourth-order valence-corrected chi connectivity index (χ4v) is 2.96. The van der Waals surface area contributed by atoms with E-state index in [9.17, 15) is 4.79 Å². The third-order valence-corrected chi connectivity index (χ3v) is 4.12. The highest BCUT2D eigenvalue weighted by molar-refractivity contribution is 5.81. The number of carbonyl (C=O) groups is 1. The first kappa shape index (κ1) is 10.2. The second-order valence-electron chi connectivity index (χ2n) is 5.27. The summed E-state index contributed by atoms with van der Waals surface area (Å²) in [6.45, 7) is 6.45. The Morgan fingerprint density at radius 3 is 2.57 bits per heavy atom. The Balaban J connectivity index is 2.01. The van der Waals surface area contributed by atoms with Crippen molar-refractivity contribution in [1.82, 2.24) is 4.90 Å². The minimum atomic E-state index is 0.265. The highest BCUT2D eigenvalue weighted by Gasteiger charge is 2.38. The van der Waals surface area contributed by atoms with Crippen molar-refractivity contribution in [2.45, 2.75) is 51.5 Å². The quantitative estimate of drug-likeness (QED) is 0.639. The van der Waals surface area contributed by atoms with Crippen molar-refractivity contribution in [2.75, 3.05) is 13.1 Å². The van der Waals surface area contributed by atoms with E-state index in [0.717, 1.165) is 19.5 Å². The van der Waals surface area contributed by atoms with E-state index in [0.29, 0.717) is 11.3 Å². The summed E-state index contributed by atoms with van der Waals surface area (Å²) in [6, 6.07) is 0. The number of hydrogen-bond donors (Lipinski definition) is 0. The van der Waals surface area contributed by atoms with Crippen molar-refractivity contribution in [2.24, 2.45) is 5.92 Å². The van der Waals surface area contributed by atoms with Crippen LogP contribution in [0.1, 0.15) is 46.0 Å². The Morgan fingerprint density at radius 1 is 1.36 bits per heavy atom. The van der Waals surface area contributed by atoms with Gasteiger partial charge in [-0.2, -0.15) is 0 Å². The standard InChI is InChI=1S/C12H21NO/c1-10-9-13(8-5-11(10)14)12(2)6-3-4-7-12/h10H,3-9H2,1-2H3. The van der Waals surface area contributed by atoms with E-state index < -0.39 is 0 Å². The van der Waals surface area contributed by atoms with E-state index in [2.05, 4.69) is 18.7 Å². The van der Waals surface area contributed by atoms with Crippen LogP contribution in [0.15, 0.2) is 0 Å². The summed E-state index contributed by atoms with van der Waals surface area (Å²) in [5.74, 6) is 0.726. The van der Waals surface area contributed by atoms with Crippen LogP contribution < -0.4 is 0 Å². The lowest BCUT2D eigenvalue weighted by Crippen LogP contribution is -2.51. The van der Waals surface area contributed by atoms with E-state index in [1.54, 1.807) is 0 Å². The molecule has 0 radical (unpaired) electrons. The van der Waals surface area contributed by atoms with Crippen LogP contribution in [0.5, 0.6) is 0 Å². The first-order valence-corrected chi connectivity index (χ1v) is 5.90. The van der Waals surface area contributed by atoms with Crippen LogP contribution in [-0.4, -0.2) is 29.3 Å². The summed E-state index contributed by atoms with van der Waals surface area (Å²) >= 11 is 0. The minimum absolute atomic E-state index is 0.265. The van der Waals surface area contributed by atoms with E-state index in [1.807, 2.05) is 0 Å². The van der Waals surface area contributed by atoms with Crippen LogP contribution >= 0.6 is 0 Å². The largest absolute Gasteiger partial charge is 0.299 e. The molecule has 1 aliphatic carbocycles. The van der Waals surface area contributed by atoms with E-state index >= 15 is 0 Å². The number of rotatable bonds is 1. The number of carbonyl (C=O) groups excluding carboxylic acids is 1. The van der Waals surface area contributed by atoms with Crippen LogP contribution in [-0.2, 0) is 4.79 Å². The second kappa shape index (κ2) is 3.65. The monoisotopic (exact) mass is 195 g/mol. The van der Waals surface area contributed by atoms with Gasteiger partial charge in [0.15, 0.2) is 0 Å². The Kier molecular flexibility index (Phi) is 2.65. The molecule has 2 rings (SSSR count). The maximum absolute atomic E-state index is 11.4. The first-order valence-electron chi connectivity index (χ1n) is 5.90. The molecule has 0 N–H and O–H groups in total. The molecular formula is C12H21NO. The third-order valence-electron chi connectivity index (χ3n) is 4.12. The maximum atomic E-state index is 11.4. The molecule has 1 heterocycles. The average Bonchev–Trinajstić information content (AvgIpc) is 2.58. The minimum Gasteiger partial charge on any atom is -0.299 e. The van der Waals surface area contributed by atoms with Gasteiger partial charge in [0, 0.05) is 31.0 Å². The lowest BCUT2D eigenvalue weighted by Gasteiger charge is -2.42. The number of ketones is 1. The number of piperidine rings is 1. The Bertz CT molecular complexity index is 230. The van der Waals surface area contributed by atoms with Gasteiger partial charge in [-0.15, -0.1) is 0 Å². The number of Topliss-reactive ketones (excluding diaryl/α,β-unsaturated/α-hetero) is 1. The first-order chi connectivity index (χ1) is 6.62. The lowest BCUT2D eigenvalue weighted by atomic mass is 9.90. The van der Waals surface area contributed by atoms with Crippen molar-refractivity contribution < 1.29 is 4.79 Å². The summed E-state index contributed by atoms with van der Waals surface area (Å²) in [7, 11) is 0. The van der Waals surface area contributed by atoms with Crippen LogP contribution in [0.2, 0.25) is 0 Å². The molecule has 1 aliphatic heterocycles. The summed E-state index contributed by atoms with van der Waals surface area (Å²) in [6.07, 6.45) is 6.17. The van der Waals surface area contributed by atoms with Crippen molar-refractivity contribution in [1.29, 1.82) is 0 Å². The number of nitrogens with zero attached hydrogens (tertiary/aromatic N) is 1. The van der Waals surface area contributed by atoms with Crippen LogP contribution in [0.4, 0.5) is 0 Å². The molecule has 0 aromatic carbocycles. The Hall–Kier alpha value is -0.370. The molecule has 14 heavy (non-hydrogen) atoms. The van der Waals surface area contributed by atoms with Crippen LogP contribution in [0.25, 0.3) is 0 Å². The molecule has 0 bridgehead atoms. The van der Waals surface area contributed by atoms with Gasteiger partial charge in [-0.1, -0.05) is 19.8 Å². The summed E-state index contributed by atoms with van der Waals surface area (Å²) in [5.41, 5.74) is 0.412. The van der Waals surface area contributed by atoms with E-state index in [4.69, 9.17) is 0 Å². The smallest absolute Gasteiger partial charge is 0.138 e. The molecule has 80 valence electrons. The molecule has 0 aromatic rings. The molecular weight excluding hydrogens is 174 g/mol. The molecule has 0 amide bonds. The van der Waals surface area contributed by atoms with Gasteiger partial charge in [-0.25, -0.2) is 0 Å². The summed E-state index contributed by atoms with van der Waals surface area (Å²) < 4.78 is 0. The highest BCUT2D eigenvalue weighted by atomic mass is 16.1. The molecule has 2 heteroatoms. The van der Waals surface area contributed by atoms with Crippen LogP contribution in [0, 0.1) is 5.92 Å². The van der Waals surface area contributed by atoms with Crippen molar-refractivity contribution in [3.63, 3.8) is 0 Å². The van der Waals surface area contributed by atoms with Gasteiger partial charge >= 0.3 is 0 Å². The summed E-state index contributed by atoms with van der Waals surface area (Å²) in [5, 5.41) is 0. The van der Waals surface area contributed by atoms with Crippen LogP contribution in [0.3, 0.4) is 0 Å². The normalized spacial score (nSPS) is 33.6. The van der Waals surface area contributed by atoms with Crippen molar-refractivity contribution in [3.8, 4) is 0 Å². The molecule has 2 nitrogen and oxygen atoms in total. The van der Waals surface area contributed by atoms with Crippen molar-refractivity contribution >= 4 is 5.78 Å². The van der Waals surface area contributed by atoms with E-state index in [1.165, 1.54) is 25.7 Å². The predicted molar refractivity (Wildman–Crippen MR) is 57.2 cm³/mol. The molecule has 1 atom stereocenters. The lowest BCUT2D eigenvalue weighted by molar-refractivity contribution is -0.127. The average molecular weight is 195 g/mol. The molecule has 2 fully saturated rings. The van der Waals surface area contributed by atoms with Gasteiger partial charge in [0.05, 0.1) is 0 Å². The zero-order valence-corrected chi connectivity index (χ0v) is 9.38. The fourth-order valence-electron chi connectivity index (χ4n) is 2.96. The van der Waals surface area contributed by atoms with E-state index in [-0.39, 0.29) is 5.92 Å². The molecule has 2 aliphatic rings. The second-order valence-corrected chi connectivity index (χ2v) is 5.27. The number of hydrogen-bond acceptors (Lipinski definition) is 2. The Labute approximate surface area is 86.7 Å². The molecule has 0 aromatic heterocycles. The molecule has 1 saturated carbocycles. The zero-order chi connectivity index (χ0) is 10.2. The Morgan fingerprint density at radius 2 is 2.00 bits per heavy atom. The van der Waals surface area contributed by atoms with Crippen molar-refractivity contribution in [3.05, 3.63) is 0 Å². The SMILES string of the molecule is CC1CN(C2(C)CCCC2)CCC1=O. The zero-order valence-electron chi connectivity index (χ0n) is 9.38. The molecule has 0 spiro atoms. The summed E-state index contributed by atoms with van der Waals surface area (Å²) in [4.78, 5) is 14.0. The van der Waals surface area contributed by atoms with Gasteiger partial charge in [-0.05, 0) is 19.8 Å². The van der Waals surface area contributed by atoms with Gasteiger partial charge in [0.1, 0.15) is 5.78 Å². The predicted octanol–water partition coefficient (Wildman–Crippen LogP) is 2.23. The fraction of sp³-hybridized carbons (Fsp3) is 0.917. The topological polar surface area (TPSA) is 20.3 Å². The van der Waals surface area contributed by atoms with Gasteiger partial charge in [-0.3, -0.25) is 9.69 Å². The van der Waals surface area contributed by atoms with Gasteiger partial charge in [0.25, 0.3) is 0 Å². The maximum Gasteiger partial charge on any atom is 0.138 e. The molecule has 1 saturated heterocycles. The highest BCUT2D eigenvalue weighted by Crippen LogP contribution is 2.36. The third kappa shape index (κ3) is 1.72. The molecule has 1 unspecified atom stereocenters. The number of likely N-dealkylation sites (tertiary alicyclic amines) is 1.